The number of allylic oxidation sites excluding steroid dienone is 2. The highest BCUT2D eigenvalue weighted by atomic mass is 32.2. The lowest BCUT2D eigenvalue weighted by Crippen LogP contribution is -2.46. The van der Waals surface area contributed by atoms with Crippen molar-refractivity contribution in [2.45, 2.75) is 148 Å². The van der Waals surface area contributed by atoms with Gasteiger partial charge in [0.1, 0.15) is 36.3 Å². The molecule has 7 atom stereocenters. The van der Waals surface area contributed by atoms with Crippen LogP contribution in [0.4, 0.5) is 5.82 Å². The van der Waals surface area contributed by atoms with Crippen molar-refractivity contribution in [3.05, 3.63) is 24.8 Å². The van der Waals surface area contributed by atoms with Crippen LogP contribution in [0.5, 0.6) is 0 Å². The van der Waals surface area contributed by atoms with E-state index in [-0.39, 0.29) is 41.6 Å². The zero-order valence-electron chi connectivity index (χ0n) is 38.1. The average Bonchev–Trinajstić information content (AvgIpc) is 3.81. The Morgan fingerprint density at radius 1 is 0.896 bits per heavy atom. The van der Waals surface area contributed by atoms with Crippen LogP contribution in [0.2, 0.25) is 0 Å². The topological polar surface area (TPSA) is 364 Å². The van der Waals surface area contributed by atoms with Crippen molar-refractivity contribution in [3.8, 4) is 0 Å². The Labute approximate surface area is 394 Å². The summed E-state index contributed by atoms with van der Waals surface area (Å²) in [6.07, 6.45) is 13.5. The molecule has 382 valence electrons. The summed E-state index contributed by atoms with van der Waals surface area (Å²) in [5.41, 5.74) is 4.28. The molecule has 2 aromatic heterocycles. The first-order valence-corrected chi connectivity index (χ1v) is 27.8. The number of thioether (sulfide) groups is 1. The van der Waals surface area contributed by atoms with Gasteiger partial charge >= 0.3 is 23.5 Å². The lowest BCUT2D eigenvalue weighted by molar-refractivity contribution is -0.137. The summed E-state index contributed by atoms with van der Waals surface area (Å²) in [4.78, 5) is 88.3. The number of unbranched alkanes of at least 4 members (excludes halogenated alkanes) is 11. The number of hydrogen-bond donors (Lipinski definition) is 9. The van der Waals surface area contributed by atoms with Gasteiger partial charge in [-0.3, -0.25) is 32.5 Å². The third-order valence-corrected chi connectivity index (χ3v) is 14.4. The maximum atomic E-state index is 12.7. The number of nitrogens with zero attached hydrogens (tertiary/aromatic N) is 4. The largest absolute Gasteiger partial charge is 0.481 e. The Kier molecular flexibility index (Phi) is 25.2. The normalized spacial score (nSPS) is 20.2. The standard InChI is InChI=1S/C39H68N7O17P3S/c1-4-5-6-7-8-9-10-11-12-13-14-15-16-17-18-19-30(48)67-23-22-41-29(47)20-21-42-37(51)34(50)39(2,3)25-60-66(57,58)63-65(55,56)59-24-28-33(62-64(52,53)54)32(49)38(61-28)46-27-45-31-35(40)43-26-44-36(31)46/h13-14,26-28,32-34,38,49-50H,4-12,15-25H2,1-3H3,(H,41,47)(H,42,51)(H,55,56)(H,57,58)(H2,40,43,44)(H2,52,53,54)/b14-13-/t28-,32-,33-,34+,38-/m1/s1. The summed E-state index contributed by atoms with van der Waals surface area (Å²) >= 11 is 1.14. The number of aliphatic hydroxyl groups excluding tert-OH is 2. The number of ether oxygens (including phenoxy) is 1. The summed E-state index contributed by atoms with van der Waals surface area (Å²) in [6.45, 7) is 2.79. The van der Waals surface area contributed by atoms with Gasteiger partial charge in [0, 0.05) is 37.1 Å². The smallest absolute Gasteiger partial charge is 0.386 e. The number of aromatic nitrogens is 4. The van der Waals surface area contributed by atoms with E-state index in [1.54, 1.807) is 0 Å². The van der Waals surface area contributed by atoms with E-state index in [0.717, 1.165) is 61.1 Å². The van der Waals surface area contributed by atoms with Crippen LogP contribution in [0.15, 0.2) is 24.8 Å². The molecule has 0 spiro atoms. The molecule has 3 rings (SSSR count). The summed E-state index contributed by atoms with van der Waals surface area (Å²) in [5.74, 6) is -1.04. The molecule has 28 heteroatoms. The van der Waals surface area contributed by atoms with Crippen LogP contribution in [0.25, 0.3) is 11.2 Å². The van der Waals surface area contributed by atoms with Crippen LogP contribution < -0.4 is 16.4 Å². The highest BCUT2D eigenvalue weighted by Crippen LogP contribution is 2.61. The second-order valence-electron chi connectivity index (χ2n) is 16.6. The van der Waals surface area contributed by atoms with Crippen molar-refractivity contribution in [2.75, 3.05) is 37.8 Å². The van der Waals surface area contributed by atoms with Gasteiger partial charge in [0.05, 0.1) is 19.5 Å². The molecular formula is C39H68N7O17P3S. The minimum Gasteiger partial charge on any atom is -0.386 e. The van der Waals surface area contributed by atoms with E-state index in [4.69, 9.17) is 19.5 Å². The molecule has 0 radical (unpaired) electrons. The maximum Gasteiger partial charge on any atom is 0.481 e. The Morgan fingerprint density at radius 3 is 2.18 bits per heavy atom. The van der Waals surface area contributed by atoms with Crippen molar-refractivity contribution in [3.63, 3.8) is 0 Å². The third-order valence-electron chi connectivity index (χ3n) is 10.4. The van der Waals surface area contributed by atoms with Gasteiger partial charge in [-0.05, 0) is 32.1 Å². The number of amides is 2. The highest BCUT2D eigenvalue weighted by Gasteiger charge is 2.50. The summed E-state index contributed by atoms with van der Waals surface area (Å²) in [6, 6.07) is 0. The second kappa shape index (κ2) is 28.8. The Hall–Kier alpha value is -2.70. The van der Waals surface area contributed by atoms with Gasteiger partial charge in [0.25, 0.3) is 0 Å². The van der Waals surface area contributed by atoms with Gasteiger partial charge in [-0.2, -0.15) is 4.31 Å². The van der Waals surface area contributed by atoms with Crippen LogP contribution in [-0.2, 0) is 50.7 Å². The van der Waals surface area contributed by atoms with Gasteiger partial charge in [0.15, 0.2) is 22.8 Å². The predicted octanol–water partition coefficient (Wildman–Crippen LogP) is 4.70. The van der Waals surface area contributed by atoms with Crippen LogP contribution in [0.1, 0.15) is 123 Å². The summed E-state index contributed by atoms with van der Waals surface area (Å²) in [7, 11) is -16.4. The summed E-state index contributed by atoms with van der Waals surface area (Å²) in [5, 5.41) is 26.6. The van der Waals surface area contributed by atoms with Crippen LogP contribution in [-0.4, -0.2) is 123 Å². The number of fused-ring (bicyclic) bond motifs is 1. The Bertz CT molecular complexity index is 2040. The molecule has 0 saturated carbocycles. The number of nitrogens with two attached hydrogens (primary N) is 1. The van der Waals surface area contributed by atoms with Crippen LogP contribution in [0, 0.1) is 5.41 Å². The number of carbonyl (C=O) groups excluding carboxylic acids is 3. The minimum atomic E-state index is -5.58. The average molecular weight is 1030 g/mol. The van der Waals surface area contributed by atoms with E-state index in [1.165, 1.54) is 65.2 Å². The monoisotopic (exact) mass is 1030 g/mol. The number of rotatable bonds is 34. The molecule has 10 N–H and O–H groups in total. The van der Waals surface area contributed by atoms with Crippen molar-refractivity contribution in [2.24, 2.45) is 5.41 Å². The van der Waals surface area contributed by atoms with Crippen molar-refractivity contribution < 1.29 is 80.5 Å². The fourth-order valence-electron chi connectivity index (χ4n) is 6.71. The molecule has 1 fully saturated rings. The number of anilines is 1. The van der Waals surface area contributed by atoms with Crippen molar-refractivity contribution >= 4 is 69.1 Å². The van der Waals surface area contributed by atoms with Crippen LogP contribution in [0.3, 0.4) is 0 Å². The molecule has 3 heterocycles. The molecule has 2 amide bonds. The fourth-order valence-corrected chi connectivity index (χ4v) is 10.3. The Morgan fingerprint density at radius 2 is 1.52 bits per heavy atom. The van der Waals surface area contributed by atoms with Gasteiger partial charge in [0.2, 0.25) is 11.8 Å². The first kappa shape index (κ1) is 58.6. The molecule has 0 bridgehead atoms. The fraction of sp³-hybridized carbons (Fsp3) is 0.744. The molecule has 2 aromatic rings. The number of aliphatic hydroxyl groups is 2. The van der Waals surface area contributed by atoms with E-state index < -0.39 is 84.6 Å². The number of phosphoric acid groups is 3. The Balaban J connectivity index is 1.31. The summed E-state index contributed by atoms with van der Waals surface area (Å²) < 4.78 is 62.4. The quantitative estimate of drug-likeness (QED) is 0.0260. The molecule has 0 aromatic carbocycles. The molecule has 0 aliphatic carbocycles. The van der Waals surface area contributed by atoms with Gasteiger partial charge in [-0.1, -0.05) is 96.1 Å². The number of nitrogens with one attached hydrogen (secondary N) is 2. The lowest BCUT2D eigenvalue weighted by atomic mass is 9.87. The first-order chi connectivity index (χ1) is 31.6. The molecule has 24 nitrogen and oxygen atoms in total. The van der Waals surface area contributed by atoms with E-state index in [2.05, 4.69) is 53.5 Å². The number of nitrogen functional groups attached to an aromatic ring is 1. The predicted molar refractivity (Wildman–Crippen MR) is 247 cm³/mol. The molecule has 1 aliphatic heterocycles. The van der Waals surface area contributed by atoms with Gasteiger partial charge in [-0.15, -0.1) is 0 Å². The van der Waals surface area contributed by atoms with Crippen molar-refractivity contribution in [1.82, 2.24) is 30.2 Å². The van der Waals surface area contributed by atoms with E-state index in [0.29, 0.717) is 12.2 Å². The van der Waals surface area contributed by atoms with Gasteiger partial charge < -0.3 is 50.9 Å². The zero-order chi connectivity index (χ0) is 49.7. The van der Waals surface area contributed by atoms with E-state index in [9.17, 15) is 57.9 Å². The van der Waals surface area contributed by atoms with Crippen LogP contribution >= 0.6 is 35.2 Å². The number of phosphoric ester groups is 3. The second-order valence-corrected chi connectivity index (χ2v) is 22.0. The van der Waals surface area contributed by atoms with Gasteiger partial charge in [-0.25, -0.2) is 28.6 Å². The SMILES string of the molecule is CCCCCCCCCC/C=C\CCCCCC(=O)SCCNC(=O)CCNC(=O)[C@H](O)C(C)(C)COP(=O)(O)OP(=O)(O)OC[C@H]1O[C@@H](n2cnc3c(N)ncnc32)[C@H](O)[C@@H]1OP(=O)(O)O. The molecule has 2 unspecified atom stereocenters. The highest BCUT2D eigenvalue weighted by molar-refractivity contribution is 8.13. The molecular weight excluding hydrogens is 963 g/mol. The molecule has 1 saturated heterocycles. The molecule has 67 heavy (non-hydrogen) atoms. The van der Waals surface area contributed by atoms with Crippen molar-refractivity contribution in [1.29, 1.82) is 0 Å². The zero-order valence-corrected chi connectivity index (χ0v) is 41.6. The minimum absolute atomic E-state index is 0.0329. The van der Waals surface area contributed by atoms with E-state index >= 15 is 0 Å². The third kappa shape index (κ3) is 21.9. The first-order valence-electron chi connectivity index (χ1n) is 22.3. The maximum absolute atomic E-state index is 12.7. The number of hydrogen-bond acceptors (Lipinski definition) is 18. The lowest BCUT2D eigenvalue weighted by Gasteiger charge is -2.30. The number of carbonyl (C=O) groups is 3. The van der Waals surface area contributed by atoms with E-state index in [1.807, 2.05) is 0 Å². The number of imidazole rings is 1. The molecule has 1 aliphatic rings.